The lowest BCUT2D eigenvalue weighted by Gasteiger charge is -2.24. The van der Waals surface area contributed by atoms with Crippen LogP contribution in [0.15, 0.2) is 29.2 Å². The third-order valence-electron chi connectivity index (χ3n) is 4.14. The van der Waals surface area contributed by atoms with Crippen molar-refractivity contribution in [3.63, 3.8) is 0 Å². The zero-order chi connectivity index (χ0) is 21.1. The number of hydrogen-bond acceptors (Lipinski definition) is 4. The molecule has 0 aromatic heterocycles. The first-order valence-electron chi connectivity index (χ1n) is 8.36. The number of benzene rings is 1. The van der Waals surface area contributed by atoms with Crippen LogP contribution in [0.3, 0.4) is 0 Å². The van der Waals surface area contributed by atoms with Gasteiger partial charge in [-0.1, -0.05) is 6.07 Å². The molecule has 1 aromatic rings. The summed E-state index contributed by atoms with van der Waals surface area (Å²) < 4.78 is 62.2. The smallest absolute Gasteiger partial charge is 0.345 e. The maximum Gasteiger partial charge on any atom is 0.405 e. The minimum absolute atomic E-state index is 0.0313. The van der Waals surface area contributed by atoms with Gasteiger partial charge in [-0.2, -0.15) is 13.2 Å². The summed E-state index contributed by atoms with van der Waals surface area (Å²) in [5.74, 6) is -0.881. The molecular weight excluding hydrogens is 401 g/mol. The highest BCUT2D eigenvalue weighted by molar-refractivity contribution is 7.89. The first-order valence-corrected chi connectivity index (χ1v) is 9.80. The number of halogens is 3. The third-order valence-corrected chi connectivity index (χ3v) is 5.95. The Kier molecular flexibility index (Phi) is 6.55. The average molecular weight is 422 g/mol. The summed E-state index contributed by atoms with van der Waals surface area (Å²) in [7, 11) is -0.962. The van der Waals surface area contributed by atoms with Crippen molar-refractivity contribution < 1.29 is 31.2 Å². The van der Waals surface area contributed by atoms with E-state index in [9.17, 15) is 31.2 Å². The van der Waals surface area contributed by atoms with Crippen molar-refractivity contribution >= 4 is 27.6 Å². The lowest BCUT2D eigenvalue weighted by molar-refractivity contribution is -0.140. The van der Waals surface area contributed by atoms with Gasteiger partial charge in [0.15, 0.2) is 0 Å². The van der Waals surface area contributed by atoms with Gasteiger partial charge in [0.1, 0.15) is 12.6 Å². The molecule has 8 nitrogen and oxygen atoms in total. The maximum absolute atomic E-state index is 12.5. The molecule has 1 fully saturated rings. The zero-order valence-corrected chi connectivity index (χ0v) is 16.1. The van der Waals surface area contributed by atoms with E-state index < -0.39 is 40.7 Å². The van der Waals surface area contributed by atoms with Crippen LogP contribution in [0, 0.1) is 0 Å². The average Bonchev–Trinajstić information content (AvgIpc) is 3.09. The number of amides is 3. The first-order chi connectivity index (χ1) is 12.9. The Hall–Kier alpha value is -2.34. The number of hydrogen-bond donors (Lipinski definition) is 2. The number of sulfonamides is 1. The van der Waals surface area contributed by atoms with E-state index in [0.29, 0.717) is 6.42 Å². The van der Waals surface area contributed by atoms with Gasteiger partial charge in [0, 0.05) is 26.3 Å². The fourth-order valence-electron chi connectivity index (χ4n) is 2.73. The van der Waals surface area contributed by atoms with E-state index in [4.69, 9.17) is 0 Å². The molecule has 0 spiro atoms. The summed E-state index contributed by atoms with van der Waals surface area (Å²) in [6.45, 7) is -1.27. The van der Waals surface area contributed by atoms with Crippen molar-refractivity contribution in [3.05, 3.63) is 24.3 Å². The highest BCUT2D eigenvalue weighted by Gasteiger charge is 2.36. The SMILES string of the molecule is CN(C)S(=O)(=O)c1cccc(NC(=O)N2CCCC2C(=O)NCC(F)(F)F)c1. The molecule has 1 aromatic carbocycles. The normalized spacial score (nSPS) is 17.6. The van der Waals surface area contributed by atoms with Crippen LogP contribution in [-0.4, -0.2) is 69.0 Å². The number of carbonyl (C=O) groups is 2. The lowest BCUT2D eigenvalue weighted by atomic mass is 10.2. The standard InChI is InChI=1S/C16H21F3N4O4S/c1-22(2)28(26,27)12-6-3-5-11(9-12)21-15(25)23-8-4-7-13(23)14(24)20-10-16(17,18)19/h3,5-6,9,13H,4,7-8,10H2,1-2H3,(H,20,24)(H,21,25). The van der Waals surface area contributed by atoms with E-state index in [0.717, 1.165) is 9.21 Å². The Morgan fingerprint density at radius 1 is 1.29 bits per heavy atom. The summed E-state index contributed by atoms with van der Waals surface area (Å²) in [5, 5.41) is 4.28. The number of urea groups is 1. The fourth-order valence-corrected chi connectivity index (χ4v) is 3.68. The van der Waals surface area contributed by atoms with Crippen LogP contribution in [0.2, 0.25) is 0 Å². The van der Waals surface area contributed by atoms with Gasteiger partial charge in [-0.05, 0) is 31.0 Å². The van der Waals surface area contributed by atoms with Gasteiger partial charge in [0.25, 0.3) is 0 Å². The molecule has 3 amide bonds. The van der Waals surface area contributed by atoms with Crippen LogP contribution in [0.25, 0.3) is 0 Å². The van der Waals surface area contributed by atoms with Crippen LogP contribution < -0.4 is 10.6 Å². The molecule has 1 unspecified atom stereocenters. The number of likely N-dealkylation sites (tertiary alicyclic amines) is 1. The summed E-state index contributed by atoms with van der Waals surface area (Å²) in [5.41, 5.74) is 0.189. The number of rotatable bonds is 5. The van der Waals surface area contributed by atoms with Crippen molar-refractivity contribution in [1.82, 2.24) is 14.5 Å². The Morgan fingerprint density at radius 3 is 2.57 bits per heavy atom. The predicted octanol–water partition coefficient (Wildman–Crippen LogP) is 1.61. The molecule has 1 saturated heterocycles. The van der Waals surface area contributed by atoms with Gasteiger partial charge >= 0.3 is 12.2 Å². The topological polar surface area (TPSA) is 98.8 Å². The number of alkyl halides is 3. The van der Waals surface area contributed by atoms with Crippen molar-refractivity contribution in [2.75, 3.05) is 32.5 Å². The Bertz CT molecular complexity index is 843. The van der Waals surface area contributed by atoms with Crippen molar-refractivity contribution in [3.8, 4) is 0 Å². The van der Waals surface area contributed by atoms with E-state index in [1.54, 1.807) is 5.32 Å². The van der Waals surface area contributed by atoms with Crippen molar-refractivity contribution in [2.45, 2.75) is 30.0 Å². The van der Waals surface area contributed by atoms with Crippen LogP contribution >= 0.6 is 0 Å². The predicted molar refractivity (Wildman–Crippen MR) is 95.1 cm³/mol. The largest absolute Gasteiger partial charge is 0.405 e. The molecule has 2 N–H and O–H groups in total. The third kappa shape index (κ3) is 5.35. The Balaban J connectivity index is 2.09. The van der Waals surface area contributed by atoms with Crippen molar-refractivity contribution in [1.29, 1.82) is 0 Å². The van der Waals surface area contributed by atoms with E-state index in [1.807, 2.05) is 0 Å². The van der Waals surface area contributed by atoms with Gasteiger partial charge in [-0.15, -0.1) is 0 Å². The molecule has 28 heavy (non-hydrogen) atoms. The van der Waals surface area contributed by atoms with Gasteiger partial charge in [-0.3, -0.25) is 4.79 Å². The van der Waals surface area contributed by atoms with Crippen LogP contribution in [0.4, 0.5) is 23.7 Å². The Morgan fingerprint density at radius 2 is 1.96 bits per heavy atom. The summed E-state index contributed by atoms with van der Waals surface area (Å²) in [6.07, 6.45) is -3.83. The molecule has 0 bridgehead atoms. The molecule has 0 aliphatic carbocycles. The second-order valence-corrected chi connectivity index (χ2v) is 8.58. The van der Waals surface area contributed by atoms with E-state index in [-0.39, 0.29) is 23.5 Å². The van der Waals surface area contributed by atoms with Crippen molar-refractivity contribution in [2.24, 2.45) is 0 Å². The Labute approximate surface area is 160 Å². The first kappa shape index (κ1) is 22.0. The molecular formula is C16H21F3N4O4S. The number of nitrogens with zero attached hydrogens (tertiary/aromatic N) is 2. The summed E-state index contributed by atoms with van der Waals surface area (Å²) >= 11 is 0. The second kappa shape index (κ2) is 8.35. The highest BCUT2D eigenvalue weighted by Crippen LogP contribution is 2.22. The zero-order valence-electron chi connectivity index (χ0n) is 15.3. The molecule has 0 saturated carbocycles. The van der Waals surface area contributed by atoms with Crippen LogP contribution in [0.1, 0.15) is 12.8 Å². The summed E-state index contributed by atoms with van der Waals surface area (Å²) in [6, 6.07) is 3.85. The molecule has 156 valence electrons. The molecule has 1 atom stereocenters. The molecule has 2 rings (SSSR count). The highest BCUT2D eigenvalue weighted by atomic mass is 32.2. The molecule has 12 heteroatoms. The number of carbonyl (C=O) groups excluding carboxylic acids is 2. The van der Waals surface area contributed by atoms with Gasteiger partial charge in [0.2, 0.25) is 15.9 Å². The second-order valence-electron chi connectivity index (χ2n) is 6.43. The number of nitrogens with one attached hydrogen (secondary N) is 2. The van der Waals surface area contributed by atoms with Crippen LogP contribution in [0.5, 0.6) is 0 Å². The lowest BCUT2D eigenvalue weighted by Crippen LogP contribution is -2.49. The van der Waals surface area contributed by atoms with E-state index in [2.05, 4.69) is 5.32 Å². The van der Waals surface area contributed by atoms with E-state index in [1.165, 1.54) is 38.4 Å². The van der Waals surface area contributed by atoms with Gasteiger partial charge in [-0.25, -0.2) is 17.5 Å². The van der Waals surface area contributed by atoms with E-state index >= 15 is 0 Å². The quantitative estimate of drug-likeness (QED) is 0.753. The molecule has 0 radical (unpaired) electrons. The van der Waals surface area contributed by atoms with Gasteiger partial charge in [0.05, 0.1) is 4.90 Å². The maximum atomic E-state index is 12.5. The summed E-state index contributed by atoms with van der Waals surface area (Å²) in [4.78, 5) is 25.6. The minimum atomic E-state index is -4.54. The fraction of sp³-hybridized carbons (Fsp3) is 0.500. The monoisotopic (exact) mass is 422 g/mol. The number of anilines is 1. The van der Waals surface area contributed by atoms with Gasteiger partial charge < -0.3 is 15.5 Å². The minimum Gasteiger partial charge on any atom is -0.345 e. The molecule has 1 aliphatic heterocycles. The molecule has 1 heterocycles. The molecule has 1 aliphatic rings. The van der Waals surface area contributed by atoms with Crippen LogP contribution in [-0.2, 0) is 14.8 Å².